The van der Waals surface area contributed by atoms with E-state index < -0.39 is 0 Å². The fourth-order valence-corrected chi connectivity index (χ4v) is 2.46. The highest BCUT2D eigenvalue weighted by molar-refractivity contribution is 5.09. The van der Waals surface area contributed by atoms with Gasteiger partial charge in [0.2, 0.25) is 0 Å². The van der Waals surface area contributed by atoms with E-state index in [-0.39, 0.29) is 6.04 Å². The molecule has 0 saturated carbocycles. The zero-order valence-electron chi connectivity index (χ0n) is 11.1. The van der Waals surface area contributed by atoms with Crippen LogP contribution in [0.3, 0.4) is 0 Å². The number of piperidine rings is 1. The molecule has 1 aliphatic heterocycles. The maximum absolute atomic E-state index is 5.87. The lowest BCUT2D eigenvalue weighted by Gasteiger charge is -2.35. The van der Waals surface area contributed by atoms with Gasteiger partial charge in [0, 0.05) is 30.4 Å². The van der Waals surface area contributed by atoms with Crippen molar-refractivity contribution >= 4 is 0 Å². The summed E-state index contributed by atoms with van der Waals surface area (Å²) in [5.74, 6) is 0. The molecule has 2 rings (SSSR count). The van der Waals surface area contributed by atoms with Crippen LogP contribution in [0.25, 0.3) is 0 Å². The van der Waals surface area contributed by atoms with Crippen LogP contribution in [0.4, 0.5) is 0 Å². The standard InChI is InChI=1S/C13H24N4/c1-10(2)16-6-4-5-13(9-16)17-8-12(7-15-17)11(3)14/h7-8,10-11,13H,4-6,9,14H2,1-3H3. The number of hydrogen-bond donors (Lipinski definition) is 1. The van der Waals surface area contributed by atoms with Crippen LogP contribution in [0.2, 0.25) is 0 Å². The predicted molar refractivity (Wildman–Crippen MR) is 69.8 cm³/mol. The second-order valence-electron chi connectivity index (χ2n) is 5.43. The maximum atomic E-state index is 5.87. The summed E-state index contributed by atoms with van der Waals surface area (Å²) < 4.78 is 2.10. The predicted octanol–water partition coefficient (Wildman–Crippen LogP) is 1.95. The molecule has 17 heavy (non-hydrogen) atoms. The molecule has 1 aliphatic rings. The van der Waals surface area contributed by atoms with E-state index >= 15 is 0 Å². The highest BCUT2D eigenvalue weighted by Crippen LogP contribution is 2.23. The largest absolute Gasteiger partial charge is 0.324 e. The fraction of sp³-hybridized carbons (Fsp3) is 0.769. The molecule has 0 aliphatic carbocycles. The summed E-state index contributed by atoms with van der Waals surface area (Å²) in [5.41, 5.74) is 7.00. The van der Waals surface area contributed by atoms with E-state index in [4.69, 9.17) is 5.73 Å². The summed E-state index contributed by atoms with van der Waals surface area (Å²) in [4.78, 5) is 2.53. The first-order valence-electron chi connectivity index (χ1n) is 6.61. The van der Waals surface area contributed by atoms with Crippen molar-refractivity contribution < 1.29 is 0 Å². The second-order valence-corrected chi connectivity index (χ2v) is 5.43. The van der Waals surface area contributed by atoms with Gasteiger partial charge in [-0.15, -0.1) is 0 Å². The van der Waals surface area contributed by atoms with Crippen LogP contribution >= 0.6 is 0 Å². The number of hydrogen-bond acceptors (Lipinski definition) is 3. The number of rotatable bonds is 3. The lowest BCUT2D eigenvalue weighted by Crippen LogP contribution is -2.40. The first-order chi connectivity index (χ1) is 8.08. The second kappa shape index (κ2) is 5.19. The lowest BCUT2D eigenvalue weighted by molar-refractivity contribution is 0.137. The molecule has 1 aromatic heterocycles. The lowest BCUT2D eigenvalue weighted by atomic mass is 10.0. The third-order valence-corrected chi connectivity index (χ3v) is 3.68. The molecule has 96 valence electrons. The van der Waals surface area contributed by atoms with E-state index in [0.717, 1.165) is 12.1 Å². The van der Waals surface area contributed by atoms with Crippen LogP contribution in [0.5, 0.6) is 0 Å². The molecule has 2 N–H and O–H groups in total. The summed E-state index contributed by atoms with van der Waals surface area (Å²) in [5, 5.41) is 4.46. The van der Waals surface area contributed by atoms with Gasteiger partial charge < -0.3 is 5.73 Å². The van der Waals surface area contributed by atoms with E-state index in [1.54, 1.807) is 0 Å². The number of aromatic nitrogens is 2. The van der Waals surface area contributed by atoms with E-state index in [0.29, 0.717) is 12.1 Å². The summed E-state index contributed by atoms with van der Waals surface area (Å²) in [6.45, 7) is 8.85. The van der Waals surface area contributed by atoms with Crippen molar-refractivity contribution in [1.29, 1.82) is 0 Å². The maximum Gasteiger partial charge on any atom is 0.0646 e. The summed E-state index contributed by atoms with van der Waals surface area (Å²) >= 11 is 0. The van der Waals surface area contributed by atoms with Gasteiger partial charge in [-0.25, -0.2) is 0 Å². The first-order valence-corrected chi connectivity index (χ1v) is 6.61. The fourth-order valence-electron chi connectivity index (χ4n) is 2.46. The molecule has 0 spiro atoms. The van der Waals surface area contributed by atoms with Gasteiger partial charge in [-0.05, 0) is 40.2 Å². The molecule has 4 nitrogen and oxygen atoms in total. The third-order valence-electron chi connectivity index (χ3n) is 3.68. The smallest absolute Gasteiger partial charge is 0.0646 e. The number of nitrogens with two attached hydrogens (primary N) is 1. The molecule has 4 heteroatoms. The molecule has 0 amide bonds. The van der Waals surface area contributed by atoms with Crippen molar-refractivity contribution in [3.8, 4) is 0 Å². The molecule has 0 radical (unpaired) electrons. The molecule has 2 unspecified atom stereocenters. The Bertz CT molecular complexity index is 356. The average molecular weight is 236 g/mol. The van der Waals surface area contributed by atoms with Crippen LogP contribution in [0, 0.1) is 0 Å². The quantitative estimate of drug-likeness (QED) is 0.872. The molecule has 2 atom stereocenters. The van der Waals surface area contributed by atoms with Crippen LogP contribution in [-0.2, 0) is 0 Å². The SMILES string of the molecule is CC(N)c1cnn(C2CCCN(C(C)C)C2)c1. The molecule has 1 fully saturated rings. The Morgan fingerprint density at radius 3 is 2.76 bits per heavy atom. The summed E-state index contributed by atoms with van der Waals surface area (Å²) in [6.07, 6.45) is 6.50. The van der Waals surface area contributed by atoms with Gasteiger partial charge in [-0.2, -0.15) is 5.10 Å². The van der Waals surface area contributed by atoms with Crippen molar-refractivity contribution in [2.45, 2.75) is 51.7 Å². The van der Waals surface area contributed by atoms with Gasteiger partial charge in [0.05, 0.1) is 12.2 Å². The zero-order chi connectivity index (χ0) is 12.4. The Labute approximate surface area is 104 Å². The van der Waals surface area contributed by atoms with Gasteiger partial charge in [0.25, 0.3) is 0 Å². The minimum atomic E-state index is 0.0774. The minimum absolute atomic E-state index is 0.0774. The molecule has 1 aromatic rings. The number of likely N-dealkylation sites (tertiary alicyclic amines) is 1. The van der Waals surface area contributed by atoms with Gasteiger partial charge in [0.1, 0.15) is 0 Å². The highest BCUT2D eigenvalue weighted by Gasteiger charge is 2.23. The Balaban J connectivity index is 2.05. The first kappa shape index (κ1) is 12.6. The summed E-state index contributed by atoms with van der Waals surface area (Å²) in [6, 6.07) is 1.22. The third kappa shape index (κ3) is 2.87. The molecular formula is C13H24N4. The molecular weight excluding hydrogens is 212 g/mol. The Kier molecular flexibility index (Phi) is 3.84. The molecule has 1 saturated heterocycles. The zero-order valence-corrected chi connectivity index (χ0v) is 11.1. The minimum Gasteiger partial charge on any atom is -0.324 e. The van der Waals surface area contributed by atoms with Gasteiger partial charge >= 0.3 is 0 Å². The van der Waals surface area contributed by atoms with Crippen LogP contribution in [-0.4, -0.2) is 33.8 Å². The number of nitrogens with zero attached hydrogens (tertiary/aromatic N) is 3. The van der Waals surface area contributed by atoms with Gasteiger partial charge in [0.15, 0.2) is 0 Å². The molecule has 0 aromatic carbocycles. The van der Waals surface area contributed by atoms with E-state index in [2.05, 4.69) is 34.7 Å². The van der Waals surface area contributed by atoms with Crippen molar-refractivity contribution in [2.75, 3.05) is 13.1 Å². The van der Waals surface area contributed by atoms with Crippen LogP contribution in [0.15, 0.2) is 12.4 Å². The van der Waals surface area contributed by atoms with Crippen molar-refractivity contribution in [1.82, 2.24) is 14.7 Å². The van der Waals surface area contributed by atoms with Crippen molar-refractivity contribution in [3.05, 3.63) is 18.0 Å². The summed E-state index contributed by atoms with van der Waals surface area (Å²) in [7, 11) is 0. The van der Waals surface area contributed by atoms with E-state index in [1.807, 2.05) is 13.1 Å². The molecule has 2 heterocycles. The highest BCUT2D eigenvalue weighted by atomic mass is 15.3. The Morgan fingerprint density at radius 2 is 2.18 bits per heavy atom. The molecule has 0 bridgehead atoms. The van der Waals surface area contributed by atoms with Crippen LogP contribution in [0.1, 0.15) is 51.3 Å². The van der Waals surface area contributed by atoms with Gasteiger partial charge in [-0.3, -0.25) is 9.58 Å². The topological polar surface area (TPSA) is 47.1 Å². The van der Waals surface area contributed by atoms with Crippen molar-refractivity contribution in [3.63, 3.8) is 0 Å². The Hall–Kier alpha value is -0.870. The average Bonchev–Trinajstić information content (AvgIpc) is 2.78. The van der Waals surface area contributed by atoms with E-state index in [9.17, 15) is 0 Å². The van der Waals surface area contributed by atoms with Crippen LogP contribution < -0.4 is 5.73 Å². The van der Waals surface area contributed by atoms with Gasteiger partial charge in [-0.1, -0.05) is 0 Å². The Morgan fingerprint density at radius 1 is 1.41 bits per heavy atom. The van der Waals surface area contributed by atoms with E-state index in [1.165, 1.54) is 19.4 Å². The van der Waals surface area contributed by atoms with Crippen molar-refractivity contribution in [2.24, 2.45) is 5.73 Å². The normalized spacial score (nSPS) is 24.2. The monoisotopic (exact) mass is 236 g/mol.